The molecule has 1 amide bonds. The number of aromatic nitrogens is 1. The Kier molecular flexibility index (Phi) is 9.55. The number of nitrogens with zero attached hydrogens (tertiary/aromatic N) is 3. The molecule has 1 N–H and O–H groups in total. The van der Waals surface area contributed by atoms with Crippen molar-refractivity contribution in [3.8, 4) is 6.07 Å². The SMILES string of the molecule is CCCCN1C(=O)/C(=C\c2c(C)c(C#N)c(=O)n(CCCC)c2NCc2ccccc2Cl)SC1=S. The van der Waals surface area contributed by atoms with Crippen molar-refractivity contribution in [2.75, 3.05) is 11.9 Å². The molecule has 1 aliphatic rings. The van der Waals surface area contributed by atoms with Crippen molar-refractivity contribution in [1.29, 1.82) is 5.26 Å². The molecule has 184 valence electrons. The predicted octanol–water partition coefficient (Wildman–Crippen LogP) is 6.10. The number of hydrogen-bond donors (Lipinski definition) is 1. The van der Waals surface area contributed by atoms with E-state index in [0.717, 1.165) is 31.2 Å². The number of pyridine rings is 1. The highest BCUT2D eigenvalue weighted by Crippen LogP contribution is 2.35. The minimum Gasteiger partial charge on any atom is -0.367 e. The van der Waals surface area contributed by atoms with Crippen molar-refractivity contribution in [1.82, 2.24) is 9.47 Å². The first-order valence-corrected chi connectivity index (χ1v) is 13.3. The number of hydrogen-bond acceptors (Lipinski definition) is 6. The Hall–Kier alpha value is -2.60. The molecule has 1 aromatic carbocycles. The smallest absolute Gasteiger partial charge is 0.270 e. The standard InChI is InChI=1S/C26H29ClN4O2S2/c1-4-6-12-30-23(29-16-18-10-8-9-11-21(18)27)19(17(3)20(15-28)24(30)32)14-22-25(33)31(13-7-5-2)26(34)35-22/h8-11,14,29H,4-7,12-13,16H2,1-3H3/b22-14+. The summed E-state index contributed by atoms with van der Waals surface area (Å²) in [6.07, 6.45) is 5.24. The molecule has 0 unspecified atom stereocenters. The van der Waals surface area contributed by atoms with Crippen LogP contribution in [0.2, 0.25) is 5.02 Å². The van der Waals surface area contributed by atoms with E-state index in [4.69, 9.17) is 23.8 Å². The third-order valence-corrected chi connectivity index (χ3v) is 7.65. The van der Waals surface area contributed by atoms with Gasteiger partial charge in [-0.15, -0.1) is 0 Å². The van der Waals surface area contributed by atoms with Crippen molar-refractivity contribution in [3.63, 3.8) is 0 Å². The minimum absolute atomic E-state index is 0.0807. The zero-order valence-electron chi connectivity index (χ0n) is 20.2. The molecule has 0 radical (unpaired) electrons. The first-order valence-electron chi connectivity index (χ1n) is 11.7. The van der Waals surface area contributed by atoms with E-state index in [1.807, 2.05) is 31.2 Å². The number of anilines is 1. The first kappa shape index (κ1) is 27.0. The number of carbonyl (C=O) groups excluding carboxylic acids is 1. The van der Waals surface area contributed by atoms with Gasteiger partial charge in [0.1, 0.15) is 21.8 Å². The Morgan fingerprint density at radius 1 is 1.17 bits per heavy atom. The maximum atomic E-state index is 13.3. The van der Waals surface area contributed by atoms with Crippen LogP contribution in [0.3, 0.4) is 0 Å². The minimum atomic E-state index is -0.340. The van der Waals surface area contributed by atoms with Gasteiger partial charge in [-0.1, -0.05) is 80.5 Å². The van der Waals surface area contributed by atoms with Crippen molar-refractivity contribution >= 4 is 57.7 Å². The number of nitrogens with one attached hydrogen (secondary N) is 1. The summed E-state index contributed by atoms with van der Waals surface area (Å²) in [6.45, 7) is 7.27. The largest absolute Gasteiger partial charge is 0.367 e. The second-order valence-electron chi connectivity index (χ2n) is 8.32. The summed E-state index contributed by atoms with van der Waals surface area (Å²) in [5.41, 5.74) is 1.79. The van der Waals surface area contributed by atoms with Crippen LogP contribution >= 0.6 is 35.6 Å². The van der Waals surface area contributed by atoms with Crippen molar-refractivity contribution in [3.05, 3.63) is 66.8 Å². The van der Waals surface area contributed by atoms with Crippen LogP contribution in [0.1, 0.15) is 61.8 Å². The van der Waals surface area contributed by atoms with Crippen LogP contribution in [0.5, 0.6) is 0 Å². The molecular weight excluding hydrogens is 500 g/mol. The molecule has 2 aromatic rings. The Labute approximate surface area is 221 Å². The van der Waals surface area contributed by atoms with Crippen LogP contribution in [0.15, 0.2) is 34.0 Å². The highest BCUT2D eigenvalue weighted by atomic mass is 35.5. The maximum absolute atomic E-state index is 13.3. The molecule has 35 heavy (non-hydrogen) atoms. The quantitative estimate of drug-likeness (QED) is 0.297. The zero-order valence-corrected chi connectivity index (χ0v) is 22.6. The number of halogens is 1. The van der Waals surface area contributed by atoms with Gasteiger partial charge in [0, 0.05) is 30.2 Å². The first-order chi connectivity index (χ1) is 16.8. The Morgan fingerprint density at radius 2 is 1.86 bits per heavy atom. The summed E-state index contributed by atoms with van der Waals surface area (Å²) in [5.74, 6) is 0.424. The van der Waals surface area contributed by atoms with Crippen molar-refractivity contribution in [2.45, 2.75) is 59.5 Å². The summed E-state index contributed by atoms with van der Waals surface area (Å²) < 4.78 is 2.13. The van der Waals surface area contributed by atoms with Gasteiger partial charge in [-0.25, -0.2) is 0 Å². The number of unbranched alkanes of at least 4 members (excludes halogenated alkanes) is 2. The van der Waals surface area contributed by atoms with Crippen LogP contribution in [-0.4, -0.2) is 26.2 Å². The molecule has 0 atom stereocenters. The number of rotatable bonds is 10. The van der Waals surface area contributed by atoms with Gasteiger partial charge in [0.05, 0.1) is 4.91 Å². The van der Waals surface area contributed by atoms with E-state index in [9.17, 15) is 14.9 Å². The molecule has 0 bridgehead atoms. The molecule has 0 spiro atoms. The fraction of sp³-hybridized carbons (Fsp3) is 0.385. The van der Waals surface area contributed by atoms with E-state index in [-0.39, 0.29) is 17.0 Å². The highest BCUT2D eigenvalue weighted by Gasteiger charge is 2.32. The number of benzene rings is 1. The lowest BCUT2D eigenvalue weighted by atomic mass is 10.0. The molecule has 9 heteroatoms. The van der Waals surface area contributed by atoms with Gasteiger partial charge in [0.25, 0.3) is 11.5 Å². The van der Waals surface area contributed by atoms with Gasteiger partial charge in [-0.2, -0.15) is 5.26 Å². The van der Waals surface area contributed by atoms with E-state index in [2.05, 4.69) is 18.3 Å². The van der Waals surface area contributed by atoms with Gasteiger partial charge >= 0.3 is 0 Å². The van der Waals surface area contributed by atoms with Crippen LogP contribution in [-0.2, 0) is 17.9 Å². The van der Waals surface area contributed by atoms with E-state index >= 15 is 0 Å². The van der Waals surface area contributed by atoms with Gasteiger partial charge < -0.3 is 5.32 Å². The molecule has 0 aliphatic carbocycles. The number of thiocarbonyl (C=S) groups is 1. The maximum Gasteiger partial charge on any atom is 0.270 e. The lowest BCUT2D eigenvalue weighted by molar-refractivity contribution is -0.122. The molecule has 3 rings (SSSR count). The van der Waals surface area contributed by atoms with Crippen molar-refractivity contribution in [2.24, 2.45) is 0 Å². The zero-order chi connectivity index (χ0) is 25.5. The number of carbonyl (C=O) groups is 1. The van der Waals surface area contributed by atoms with Gasteiger partial charge in [-0.3, -0.25) is 19.1 Å². The molecule has 0 saturated carbocycles. The lowest BCUT2D eigenvalue weighted by Gasteiger charge is -2.20. The Balaban J connectivity index is 2.14. The van der Waals surface area contributed by atoms with Crippen molar-refractivity contribution < 1.29 is 4.79 Å². The topological polar surface area (TPSA) is 78.1 Å². The molecule has 1 aliphatic heterocycles. The molecule has 1 saturated heterocycles. The summed E-state index contributed by atoms with van der Waals surface area (Å²) >= 11 is 13.1. The highest BCUT2D eigenvalue weighted by molar-refractivity contribution is 8.26. The van der Waals surface area contributed by atoms with Crippen LogP contribution in [0.4, 0.5) is 5.82 Å². The summed E-state index contributed by atoms with van der Waals surface area (Å²) in [6, 6.07) is 9.57. The number of nitriles is 1. The van der Waals surface area contributed by atoms with Crippen LogP contribution in [0, 0.1) is 18.3 Å². The number of thioether (sulfide) groups is 1. The van der Waals surface area contributed by atoms with Crippen LogP contribution in [0.25, 0.3) is 6.08 Å². The van der Waals surface area contributed by atoms with Crippen LogP contribution < -0.4 is 10.9 Å². The van der Waals surface area contributed by atoms with E-state index in [1.54, 1.807) is 22.5 Å². The molecule has 6 nitrogen and oxygen atoms in total. The Bertz CT molecular complexity index is 1260. The normalized spacial score (nSPS) is 14.6. The van der Waals surface area contributed by atoms with Gasteiger partial charge in [-0.05, 0) is 43.0 Å². The monoisotopic (exact) mass is 528 g/mol. The fourth-order valence-electron chi connectivity index (χ4n) is 3.84. The fourth-order valence-corrected chi connectivity index (χ4v) is 5.34. The third kappa shape index (κ3) is 5.97. The molecule has 1 fully saturated rings. The van der Waals surface area contributed by atoms with Gasteiger partial charge in [0.15, 0.2) is 0 Å². The second-order valence-corrected chi connectivity index (χ2v) is 10.4. The molecule has 2 heterocycles. The Morgan fingerprint density at radius 3 is 2.51 bits per heavy atom. The summed E-state index contributed by atoms with van der Waals surface area (Å²) in [7, 11) is 0. The van der Waals surface area contributed by atoms with E-state index in [1.165, 1.54) is 11.8 Å². The lowest BCUT2D eigenvalue weighted by Crippen LogP contribution is -2.29. The summed E-state index contributed by atoms with van der Waals surface area (Å²) in [4.78, 5) is 28.5. The van der Waals surface area contributed by atoms with E-state index < -0.39 is 0 Å². The predicted molar refractivity (Wildman–Crippen MR) is 149 cm³/mol. The third-order valence-electron chi connectivity index (χ3n) is 5.90. The van der Waals surface area contributed by atoms with E-state index in [0.29, 0.717) is 50.8 Å². The molecular formula is C26H29ClN4O2S2. The van der Waals surface area contributed by atoms with Gasteiger partial charge in [0.2, 0.25) is 0 Å². The average molecular weight is 529 g/mol. The molecule has 1 aromatic heterocycles. The number of amides is 1. The second kappa shape index (κ2) is 12.4. The average Bonchev–Trinajstić information content (AvgIpc) is 3.11. The summed E-state index contributed by atoms with van der Waals surface area (Å²) in [5, 5.41) is 13.8.